The molecule has 82 valence electrons. The Morgan fingerprint density at radius 3 is 2.80 bits per heavy atom. The van der Waals surface area contributed by atoms with Crippen molar-refractivity contribution in [3.05, 3.63) is 34.4 Å². The topological polar surface area (TPSA) is 21.3 Å². The summed E-state index contributed by atoms with van der Waals surface area (Å²) in [4.78, 5) is 0. The first-order chi connectivity index (χ1) is 7.18. The molecule has 0 radical (unpaired) electrons. The predicted octanol–water partition coefficient (Wildman–Crippen LogP) is 2.28. The van der Waals surface area contributed by atoms with E-state index in [0.29, 0.717) is 18.7 Å². The van der Waals surface area contributed by atoms with E-state index in [-0.39, 0.29) is 11.1 Å². The molecule has 0 saturated carbocycles. The Kier molecular flexibility index (Phi) is 3.19. The van der Waals surface area contributed by atoms with Crippen LogP contribution in [0.4, 0.5) is 8.78 Å². The molecule has 1 unspecified atom stereocenters. The van der Waals surface area contributed by atoms with Crippen LogP contribution in [0.5, 0.6) is 0 Å². The van der Waals surface area contributed by atoms with Crippen molar-refractivity contribution >= 4 is 11.6 Å². The largest absolute Gasteiger partial charge is 0.371 e. The molecule has 1 saturated heterocycles. The van der Waals surface area contributed by atoms with Gasteiger partial charge in [0.1, 0.15) is 0 Å². The van der Waals surface area contributed by atoms with Gasteiger partial charge in [-0.25, -0.2) is 8.78 Å². The van der Waals surface area contributed by atoms with Gasteiger partial charge in [0, 0.05) is 13.1 Å². The molecule has 1 fully saturated rings. The van der Waals surface area contributed by atoms with E-state index in [1.54, 1.807) is 0 Å². The second-order valence-corrected chi connectivity index (χ2v) is 3.77. The van der Waals surface area contributed by atoms with E-state index in [2.05, 4.69) is 5.32 Å². The minimum absolute atomic E-state index is 0.209. The molecule has 0 amide bonds. The van der Waals surface area contributed by atoms with Gasteiger partial charge in [-0.05, 0) is 17.7 Å². The highest BCUT2D eigenvalue weighted by Crippen LogP contribution is 2.26. The summed E-state index contributed by atoms with van der Waals surface area (Å²) in [6.45, 7) is 1.91. The van der Waals surface area contributed by atoms with E-state index in [0.717, 1.165) is 12.6 Å². The van der Waals surface area contributed by atoms with Gasteiger partial charge in [-0.3, -0.25) is 0 Å². The van der Waals surface area contributed by atoms with Gasteiger partial charge in [-0.15, -0.1) is 0 Å². The molecule has 0 spiro atoms. The predicted molar refractivity (Wildman–Crippen MR) is 52.9 cm³/mol. The van der Waals surface area contributed by atoms with Crippen molar-refractivity contribution in [2.45, 2.75) is 6.10 Å². The average molecular weight is 234 g/mol. The third-order valence-corrected chi connectivity index (χ3v) is 2.58. The van der Waals surface area contributed by atoms with E-state index in [4.69, 9.17) is 16.3 Å². The molecule has 1 heterocycles. The van der Waals surface area contributed by atoms with Crippen LogP contribution >= 0.6 is 11.6 Å². The molecule has 1 aliphatic rings. The summed E-state index contributed by atoms with van der Waals surface area (Å²) in [5.74, 6) is -1.95. The highest BCUT2D eigenvalue weighted by Gasteiger charge is 2.19. The van der Waals surface area contributed by atoms with E-state index < -0.39 is 11.6 Å². The van der Waals surface area contributed by atoms with Crippen LogP contribution in [-0.4, -0.2) is 19.7 Å². The van der Waals surface area contributed by atoms with Crippen LogP contribution in [0.25, 0.3) is 0 Å². The normalized spacial score (nSPS) is 21.7. The maximum Gasteiger partial charge on any atom is 0.177 e. The number of nitrogens with one attached hydrogen (secondary N) is 1. The van der Waals surface area contributed by atoms with Gasteiger partial charge in [0.25, 0.3) is 0 Å². The molecule has 1 aliphatic heterocycles. The summed E-state index contributed by atoms with van der Waals surface area (Å²) < 4.78 is 31.4. The number of benzene rings is 1. The van der Waals surface area contributed by atoms with Crippen molar-refractivity contribution in [1.29, 1.82) is 0 Å². The molecule has 2 rings (SSSR count). The van der Waals surface area contributed by atoms with E-state index in [9.17, 15) is 8.78 Å². The fourth-order valence-electron chi connectivity index (χ4n) is 1.54. The van der Waals surface area contributed by atoms with Crippen LogP contribution in [0.1, 0.15) is 11.7 Å². The SMILES string of the molecule is Fc1cc(C2CNCCO2)cc(Cl)c1F. The summed E-state index contributed by atoms with van der Waals surface area (Å²) in [5.41, 5.74) is 0.561. The molecular weight excluding hydrogens is 224 g/mol. The molecule has 1 atom stereocenters. The van der Waals surface area contributed by atoms with Crippen molar-refractivity contribution in [2.24, 2.45) is 0 Å². The Hall–Kier alpha value is -0.710. The first-order valence-corrected chi connectivity index (χ1v) is 5.03. The van der Waals surface area contributed by atoms with Crippen molar-refractivity contribution < 1.29 is 13.5 Å². The molecule has 2 nitrogen and oxygen atoms in total. The molecule has 1 N–H and O–H groups in total. The lowest BCUT2D eigenvalue weighted by molar-refractivity contribution is 0.0274. The van der Waals surface area contributed by atoms with Crippen molar-refractivity contribution in [2.75, 3.05) is 19.7 Å². The summed E-state index contributed by atoms with van der Waals surface area (Å²) in [5, 5.41) is 2.89. The van der Waals surface area contributed by atoms with Crippen LogP contribution in [0.2, 0.25) is 5.02 Å². The first kappa shape index (κ1) is 10.8. The zero-order chi connectivity index (χ0) is 10.8. The molecule has 15 heavy (non-hydrogen) atoms. The van der Waals surface area contributed by atoms with Gasteiger partial charge in [0.05, 0.1) is 17.7 Å². The number of hydrogen-bond donors (Lipinski definition) is 1. The molecule has 0 aliphatic carbocycles. The van der Waals surface area contributed by atoms with E-state index >= 15 is 0 Å². The van der Waals surface area contributed by atoms with Gasteiger partial charge in [-0.1, -0.05) is 11.6 Å². The second kappa shape index (κ2) is 4.43. The fraction of sp³-hybridized carbons (Fsp3) is 0.400. The smallest absolute Gasteiger partial charge is 0.177 e. The number of hydrogen-bond acceptors (Lipinski definition) is 2. The quantitative estimate of drug-likeness (QED) is 0.752. The average Bonchev–Trinajstić information content (AvgIpc) is 2.26. The van der Waals surface area contributed by atoms with Crippen molar-refractivity contribution in [3.63, 3.8) is 0 Å². The lowest BCUT2D eigenvalue weighted by Gasteiger charge is -2.24. The monoisotopic (exact) mass is 233 g/mol. The van der Waals surface area contributed by atoms with Crippen LogP contribution in [0.15, 0.2) is 12.1 Å². The molecule has 0 bridgehead atoms. The zero-order valence-corrected chi connectivity index (χ0v) is 8.65. The third kappa shape index (κ3) is 2.27. The van der Waals surface area contributed by atoms with Gasteiger partial charge in [0.15, 0.2) is 11.6 Å². The van der Waals surface area contributed by atoms with Gasteiger partial charge in [0.2, 0.25) is 0 Å². The highest BCUT2D eigenvalue weighted by atomic mass is 35.5. The van der Waals surface area contributed by atoms with Crippen LogP contribution in [-0.2, 0) is 4.74 Å². The second-order valence-electron chi connectivity index (χ2n) is 3.36. The lowest BCUT2D eigenvalue weighted by atomic mass is 10.1. The molecule has 0 aromatic heterocycles. The van der Waals surface area contributed by atoms with Crippen molar-refractivity contribution in [1.82, 2.24) is 5.32 Å². The Balaban J connectivity index is 2.27. The first-order valence-electron chi connectivity index (χ1n) is 4.65. The van der Waals surface area contributed by atoms with Gasteiger partial charge >= 0.3 is 0 Å². The summed E-state index contributed by atoms with van der Waals surface area (Å²) >= 11 is 5.55. The fourth-order valence-corrected chi connectivity index (χ4v) is 1.76. The van der Waals surface area contributed by atoms with Crippen LogP contribution in [0.3, 0.4) is 0 Å². The highest BCUT2D eigenvalue weighted by molar-refractivity contribution is 6.30. The molecule has 1 aromatic carbocycles. The lowest BCUT2D eigenvalue weighted by Crippen LogP contribution is -2.33. The van der Waals surface area contributed by atoms with Crippen LogP contribution in [0, 0.1) is 11.6 Å². The maximum atomic E-state index is 13.1. The third-order valence-electron chi connectivity index (χ3n) is 2.31. The van der Waals surface area contributed by atoms with Crippen LogP contribution < -0.4 is 5.32 Å². The molecule has 1 aromatic rings. The molecule has 5 heteroatoms. The van der Waals surface area contributed by atoms with Crippen molar-refractivity contribution in [3.8, 4) is 0 Å². The Morgan fingerprint density at radius 2 is 2.20 bits per heavy atom. The Morgan fingerprint density at radius 1 is 1.40 bits per heavy atom. The number of rotatable bonds is 1. The Labute approximate surface area is 91.2 Å². The van der Waals surface area contributed by atoms with Gasteiger partial charge < -0.3 is 10.1 Å². The van der Waals surface area contributed by atoms with E-state index in [1.165, 1.54) is 6.07 Å². The number of morpholine rings is 1. The maximum absolute atomic E-state index is 13.1. The summed E-state index contributed by atoms with van der Waals surface area (Å²) in [7, 11) is 0. The number of ether oxygens (including phenoxy) is 1. The minimum atomic E-state index is -1.01. The Bertz CT molecular complexity index is 343. The standard InChI is InChI=1S/C10H10ClF2NO/c11-7-3-6(4-8(12)10(7)13)9-5-14-1-2-15-9/h3-4,9,14H,1-2,5H2. The number of halogens is 3. The van der Waals surface area contributed by atoms with Gasteiger partial charge in [-0.2, -0.15) is 0 Å². The zero-order valence-electron chi connectivity index (χ0n) is 7.90. The summed E-state index contributed by atoms with van der Waals surface area (Å²) in [6, 6.07) is 2.52. The summed E-state index contributed by atoms with van der Waals surface area (Å²) in [6.07, 6.45) is -0.258. The van der Waals surface area contributed by atoms with E-state index in [1.807, 2.05) is 0 Å². The minimum Gasteiger partial charge on any atom is -0.371 e. The molecular formula is C10H10ClF2NO.